The number of carbonyl (C=O) groups is 1. The number of carbonyl (C=O) groups excluding carboxylic acids is 1. The summed E-state index contributed by atoms with van der Waals surface area (Å²) in [5, 5.41) is 0. The topological polar surface area (TPSA) is 35.5 Å². The Bertz CT molecular complexity index is 330. The van der Waals surface area contributed by atoms with Gasteiger partial charge in [0.05, 0.1) is 12.7 Å². The molecule has 0 radical (unpaired) electrons. The van der Waals surface area contributed by atoms with Crippen LogP contribution in [0.25, 0.3) is 0 Å². The van der Waals surface area contributed by atoms with E-state index >= 15 is 0 Å². The van der Waals surface area contributed by atoms with Gasteiger partial charge in [-0.1, -0.05) is 0 Å². The number of ether oxygens (including phenoxy) is 2. The summed E-state index contributed by atoms with van der Waals surface area (Å²) < 4.78 is 11.0. The quantitative estimate of drug-likeness (QED) is 0.534. The van der Waals surface area contributed by atoms with Gasteiger partial charge < -0.3 is 9.47 Å². The fraction of sp³-hybridized carbons (Fsp3) is 0.769. The molecule has 0 bridgehead atoms. The summed E-state index contributed by atoms with van der Waals surface area (Å²) in [7, 11) is 0. The van der Waals surface area contributed by atoms with Gasteiger partial charge in [0, 0.05) is 0 Å². The highest BCUT2D eigenvalue weighted by Crippen LogP contribution is 2.41. The molecule has 1 unspecified atom stereocenters. The van der Waals surface area contributed by atoms with Crippen LogP contribution in [0.1, 0.15) is 46.5 Å². The Labute approximate surface area is 96.8 Å². The molecule has 0 amide bonds. The average Bonchev–Trinajstić information content (AvgIpc) is 2.58. The van der Waals surface area contributed by atoms with Crippen LogP contribution in [0.3, 0.4) is 0 Å². The molecular formula is C13H20O3. The molecule has 0 aromatic rings. The zero-order valence-electron chi connectivity index (χ0n) is 10.3. The lowest BCUT2D eigenvalue weighted by atomic mass is 9.84. The molecule has 0 aromatic carbocycles. The lowest BCUT2D eigenvalue weighted by Crippen LogP contribution is -2.40. The van der Waals surface area contributed by atoms with Gasteiger partial charge in [-0.25, -0.2) is 4.79 Å². The normalized spacial score (nSPS) is 29.5. The molecule has 16 heavy (non-hydrogen) atoms. The largest absolute Gasteiger partial charge is 0.461 e. The smallest absolute Gasteiger partial charge is 0.342 e. The highest BCUT2D eigenvalue weighted by molar-refractivity contribution is 5.84. The Balaban J connectivity index is 2.19. The van der Waals surface area contributed by atoms with Crippen molar-refractivity contribution >= 4 is 5.97 Å². The summed E-state index contributed by atoms with van der Waals surface area (Å²) in [4.78, 5) is 12.1. The molecule has 2 rings (SSSR count). The SMILES string of the molecule is CC(C)OC(=O)C1(C)OCC2=C1CCCC2. The van der Waals surface area contributed by atoms with Crippen LogP contribution < -0.4 is 0 Å². The summed E-state index contributed by atoms with van der Waals surface area (Å²) in [6, 6.07) is 0. The number of hydrogen-bond donors (Lipinski definition) is 0. The van der Waals surface area contributed by atoms with Crippen LogP contribution in [0.5, 0.6) is 0 Å². The van der Waals surface area contributed by atoms with E-state index in [-0.39, 0.29) is 12.1 Å². The molecule has 0 saturated heterocycles. The van der Waals surface area contributed by atoms with Crippen LogP contribution in [0, 0.1) is 0 Å². The van der Waals surface area contributed by atoms with Crippen molar-refractivity contribution in [2.24, 2.45) is 0 Å². The van der Waals surface area contributed by atoms with E-state index < -0.39 is 5.60 Å². The molecule has 0 aromatic heterocycles. The Morgan fingerprint density at radius 2 is 2.06 bits per heavy atom. The van der Waals surface area contributed by atoms with Gasteiger partial charge in [-0.15, -0.1) is 0 Å². The van der Waals surface area contributed by atoms with Crippen molar-refractivity contribution in [3.05, 3.63) is 11.1 Å². The van der Waals surface area contributed by atoms with Crippen molar-refractivity contribution in [1.82, 2.24) is 0 Å². The van der Waals surface area contributed by atoms with Crippen LogP contribution in [-0.4, -0.2) is 24.3 Å². The second kappa shape index (κ2) is 4.21. The van der Waals surface area contributed by atoms with Crippen molar-refractivity contribution in [2.45, 2.75) is 58.2 Å². The van der Waals surface area contributed by atoms with Gasteiger partial charge in [-0.3, -0.25) is 0 Å². The van der Waals surface area contributed by atoms with Crippen molar-refractivity contribution in [3.63, 3.8) is 0 Å². The summed E-state index contributed by atoms with van der Waals surface area (Å²) in [5.41, 5.74) is 1.71. The molecule has 1 heterocycles. The van der Waals surface area contributed by atoms with E-state index in [0.29, 0.717) is 6.61 Å². The monoisotopic (exact) mass is 224 g/mol. The first-order valence-electron chi connectivity index (χ1n) is 6.10. The molecule has 90 valence electrons. The van der Waals surface area contributed by atoms with Gasteiger partial charge in [-0.05, 0) is 57.6 Å². The van der Waals surface area contributed by atoms with Crippen LogP contribution in [0.2, 0.25) is 0 Å². The molecule has 0 spiro atoms. The first-order chi connectivity index (χ1) is 7.54. The lowest BCUT2D eigenvalue weighted by molar-refractivity contribution is -0.166. The first-order valence-corrected chi connectivity index (χ1v) is 6.10. The maximum absolute atomic E-state index is 12.1. The Hall–Kier alpha value is -0.830. The Morgan fingerprint density at radius 1 is 1.38 bits per heavy atom. The molecular weight excluding hydrogens is 204 g/mol. The van der Waals surface area contributed by atoms with E-state index in [1.54, 1.807) is 0 Å². The van der Waals surface area contributed by atoms with Crippen molar-refractivity contribution < 1.29 is 14.3 Å². The highest BCUT2D eigenvalue weighted by atomic mass is 16.6. The third kappa shape index (κ3) is 1.88. The summed E-state index contributed by atoms with van der Waals surface area (Å²) >= 11 is 0. The van der Waals surface area contributed by atoms with E-state index in [1.165, 1.54) is 17.6 Å². The second-order valence-electron chi connectivity index (χ2n) is 5.07. The zero-order chi connectivity index (χ0) is 11.8. The van der Waals surface area contributed by atoms with Crippen LogP contribution in [-0.2, 0) is 14.3 Å². The van der Waals surface area contributed by atoms with Crippen LogP contribution in [0.4, 0.5) is 0 Å². The molecule has 3 nitrogen and oxygen atoms in total. The number of hydrogen-bond acceptors (Lipinski definition) is 3. The minimum absolute atomic E-state index is 0.0823. The van der Waals surface area contributed by atoms with Crippen molar-refractivity contribution in [1.29, 1.82) is 0 Å². The van der Waals surface area contributed by atoms with Crippen LogP contribution in [0.15, 0.2) is 11.1 Å². The molecule has 0 N–H and O–H groups in total. The van der Waals surface area contributed by atoms with Gasteiger partial charge in [0.1, 0.15) is 0 Å². The van der Waals surface area contributed by atoms with Crippen LogP contribution >= 0.6 is 0 Å². The van der Waals surface area contributed by atoms with Crippen molar-refractivity contribution in [2.75, 3.05) is 6.61 Å². The minimum atomic E-state index is -0.806. The highest BCUT2D eigenvalue weighted by Gasteiger charge is 2.46. The third-order valence-electron chi connectivity index (χ3n) is 3.43. The third-order valence-corrected chi connectivity index (χ3v) is 3.43. The van der Waals surface area contributed by atoms with E-state index in [0.717, 1.165) is 19.3 Å². The summed E-state index contributed by atoms with van der Waals surface area (Å²) in [6.07, 6.45) is 4.37. The maximum atomic E-state index is 12.1. The standard InChI is InChI=1S/C13H20O3/c1-9(2)16-12(14)13(3)11-7-5-4-6-10(11)8-15-13/h9H,4-8H2,1-3H3. The van der Waals surface area contributed by atoms with E-state index in [2.05, 4.69) is 0 Å². The van der Waals surface area contributed by atoms with Gasteiger partial charge in [0.25, 0.3) is 0 Å². The number of esters is 1. The predicted molar refractivity (Wildman–Crippen MR) is 61.1 cm³/mol. The minimum Gasteiger partial charge on any atom is -0.461 e. The zero-order valence-corrected chi connectivity index (χ0v) is 10.3. The molecule has 0 saturated carbocycles. The molecule has 2 aliphatic rings. The van der Waals surface area contributed by atoms with Gasteiger partial charge >= 0.3 is 5.97 Å². The predicted octanol–water partition coefficient (Wildman–Crippen LogP) is 2.60. The second-order valence-corrected chi connectivity index (χ2v) is 5.07. The molecule has 0 fully saturated rings. The molecule has 3 heteroatoms. The lowest BCUT2D eigenvalue weighted by Gasteiger charge is -2.27. The van der Waals surface area contributed by atoms with Crippen molar-refractivity contribution in [3.8, 4) is 0 Å². The maximum Gasteiger partial charge on any atom is 0.342 e. The fourth-order valence-corrected chi connectivity index (χ4v) is 2.53. The van der Waals surface area contributed by atoms with E-state index in [4.69, 9.17) is 9.47 Å². The van der Waals surface area contributed by atoms with Gasteiger partial charge in [0.15, 0.2) is 5.60 Å². The average molecular weight is 224 g/mol. The summed E-state index contributed by atoms with van der Waals surface area (Å²) in [5.74, 6) is -0.227. The molecule has 1 aliphatic carbocycles. The fourth-order valence-electron chi connectivity index (χ4n) is 2.53. The van der Waals surface area contributed by atoms with E-state index in [9.17, 15) is 4.79 Å². The first kappa shape index (κ1) is 11.6. The molecule has 1 aliphatic heterocycles. The van der Waals surface area contributed by atoms with Gasteiger partial charge in [0.2, 0.25) is 0 Å². The molecule has 1 atom stereocenters. The Kier molecular flexibility index (Phi) is 3.06. The summed E-state index contributed by atoms with van der Waals surface area (Å²) in [6.45, 7) is 6.20. The Morgan fingerprint density at radius 3 is 2.75 bits per heavy atom. The number of rotatable bonds is 2. The van der Waals surface area contributed by atoms with Gasteiger partial charge in [-0.2, -0.15) is 0 Å². The van der Waals surface area contributed by atoms with E-state index in [1.807, 2.05) is 20.8 Å².